The summed E-state index contributed by atoms with van der Waals surface area (Å²) in [4.78, 5) is 2.41. The van der Waals surface area contributed by atoms with Crippen LogP contribution in [-0.2, 0) is 27.4 Å². The van der Waals surface area contributed by atoms with E-state index in [1.54, 1.807) is 7.11 Å². The van der Waals surface area contributed by atoms with Crippen molar-refractivity contribution in [2.24, 2.45) is 0 Å². The van der Waals surface area contributed by atoms with Crippen molar-refractivity contribution >= 4 is 5.69 Å². The zero-order chi connectivity index (χ0) is 30.4. The van der Waals surface area contributed by atoms with Gasteiger partial charge in [-0.15, -0.1) is 0 Å². The Balaban J connectivity index is 1.08. The van der Waals surface area contributed by atoms with E-state index in [4.69, 9.17) is 28.4 Å². The molecule has 8 heteroatoms. The fourth-order valence-electron chi connectivity index (χ4n) is 5.90. The highest BCUT2D eigenvalue weighted by Crippen LogP contribution is 2.34. The van der Waals surface area contributed by atoms with Crippen molar-refractivity contribution in [2.45, 2.75) is 51.4 Å². The van der Waals surface area contributed by atoms with Gasteiger partial charge in [0.15, 0.2) is 0 Å². The zero-order valence-electron chi connectivity index (χ0n) is 26.3. The second kappa shape index (κ2) is 17.3. The first kappa shape index (κ1) is 32.1. The van der Waals surface area contributed by atoms with Crippen molar-refractivity contribution in [3.63, 3.8) is 0 Å². The fraction of sp³-hybridized carbons (Fsp3) is 0.500. The quantitative estimate of drug-likeness (QED) is 0.189. The van der Waals surface area contributed by atoms with Crippen molar-refractivity contribution in [2.75, 3.05) is 71.2 Å². The highest BCUT2D eigenvalue weighted by Gasteiger charge is 2.27. The molecular formula is C36H48N2O6. The molecule has 0 saturated carbocycles. The molecule has 238 valence electrons. The molecule has 0 aliphatic carbocycles. The van der Waals surface area contributed by atoms with E-state index in [-0.39, 0.29) is 6.10 Å². The first-order chi connectivity index (χ1) is 21.7. The van der Waals surface area contributed by atoms with Crippen LogP contribution in [0.25, 0.3) is 0 Å². The standard InChI is InChI=1S/C36H48N2O6/c1-3-40-20-6-18-38-19-23-43-35-15-10-28(24-33(35)38)26-44-36-25-37-17-16-32(36)29-11-13-31(14-12-29)42-22-7-21-41-27-30-8-4-5-9-34(30)39-2/h4-5,8-15,24,32,36-37H,3,6-7,16-23,25-27H2,1-2H3/t32-,36+/m1/s1. The maximum absolute atomic E-state index is 6.56. The van der Waals surface area contributed by atoms with E-state index < -0.39 is 0 Å². The lowest BCUT2D eigenvalue weighted by molar-refractivity contribution is 0.0106. The van der Waals surface area contributed by atoms with E-state index >= 15 is 0 Å². The number of para-hydroxylation sites is 1. The maximum Gasteiger partial charge on any atom is 0.142 e. The van der Waals surface area contributed by atoms with E-state index in [0.29, 0.717) is 32.3 Å². The van der Waals surface area contributed by atoms with E-state index in [2.05, 4.69) is 52.7 Å². The largest absolute Gasteiger partial charge is 0.496 e. The summed E-state index contributed by atoms with van der Waals surface area (Å²) in [5.74, 6) is 3.03. The molecule has 2 heterocycles. The van der Waals surface area contributed by atoms with Crippen LogP contribution in [0.4, 0.5) is 5.69 Å². The average molecular weight is 605 g/mol. The summed E-state index contributed by atoms with van der Waals surface area (Å²) in [6, 6.07) is 22.9. The number of rotatable bonds is 17. The van der Waals surface area contributed by atoms with Gasteiger partial charge in [0.2, 0.25) is 0 Å². The molecule has 1 fully saturated rings. The van der Waals surface area contributed by atoms with Gasteiger partial charge in [-0.25, -0.2) is 0 Å². The summed E-state index contributed by atoms with van der Waals surface area (Å²) in [7, 11) is 1.68. The fourth-order valence-corrected chi connectivity index (χ4v) is 5.90. The van der Waals surface area contributed by atoms with Gasteiger partial charge in [0.05, 0.1) is 51.9 Å². The second-order valence-electron chi connectivity index (χ2n) is 11.3. The number of piperidine rings is 1. The molecule has 0 amide bonds. The molecule has 44 heavy (non-hydrogen) atoms. The summed E-state index contributed by atoms with van der Waals surface area (Å²) in [6.45, 7) is 10.4. The minimum atomic E-state index is 0.102. The Morgan fingerprint density at radius 1 is 0.932 bits per heavy atom. The molecule has 2 atom stereocenters. The Bertz CT molecular complexity index is 1270. The van der Waals surface area contributed by atoms with E-state index in [9.17, 15) is 0 Å². The van der Waals surface area contributed by atoms with Crippen LogP contribution in [0.5, 0.6) is 17.2 Å². The van der Waals surface area contributed by atoms with Gasteiger partial charge in [-0.1, -0.05) is 36.4 Å². The van der Waals surface area contributed by atoms with Crippen LogP contribution in [0.2, 0.25) is 0 Å². The Hall–Kier alpha value is -3.30. The molecule has 2 aliphatic rings. The Labute approximate surface area is 262 Å². The predicted octanol–water partition coefficient (Wildman–Crippen LogP) is 5.97. The van der Waals surface area contributed by atoms with Crippen molar-refractivity contribution < 1.29 is 28.4 Å². The molecule has 3 aromatic carbocycles. The average Bonchev–Trinajstić information content (AvgIpc) is 3.08. The highest BCUT2D eigenvalue weighted by atomic mass is 16.5. The molecule has 0 bridgehead atoms. The number of hydrogen-bond acceptors (Lipinski definition) is 8. The third-order valence-corrected chi connectivity index (χ3v) is 8.25. The maximum atomic E-state index is 6.56. The van der Waals surface area contributed by atoms with E-state index in [1.807, 2.05) is 31.2 Å². The van der Waals surface area contributed by atoms with Gasteiger partial charge >= 0.3 is 0 Å². The third-order valence-electron chi connectivity index (χ3n) is 8.25. The van der Waals surface area contributed by atoms with E-state index in [0.717, 1.165) is 93.8 Å². The molecule has 1 saturated heterocycles. The molecular weight excluding hydrogens is 556 g/mol. The molecule has 8 nitrogen and oxygen atoms in total. The molecule has 0 unspecified atom stereocenters. The van der Waals surface area contributed by atoms with Crippen LogP contribution in [0.1, 0.15) is 48.8 Å². The Morgan fingerprint density at radius 3 is 2.66 bits per heavy atom. The summed E-state index contributed by atoms with van der Waals surface area (Å²) in [6.07, 6.45) is 2.97. The molecule has 0 spiro atoms. The van der Waals surface area contributed by atoms with Crippen LogP contribution >= 0.6 is 0 Å². The van der Waals surface area contributed by atoms with Gasteiger partial charge in [-0.2, -0.15) is 0 Å². The van der Waals surface area contributed by atoms with Crippen LogP contribution < -0.4 is 24.4 Å². The molecule has 0 aromatic heterocycles. The van der Waals surface area contributed by atoms with Crippen molar-refractivity contribution in [3.05, 3.63) is 83.4 Å². The predicted molar refractivity (Wildman–Crippen MR) is 173 cm³/mol. The SMILES string of the molecule is CCOCCCN1CCOc2ccc(CO[C@H]3CNCC[C@@H]3c3ccc(OCCCOCc4ccccc4OC)cc3)cc21. The van der Waals surface area contributed by atoms with Crippen molar-refractivity contribution in [1.29, 1.82) is 0 Å². The molecule has 2 aliphatic heterocycles. The van der Waals surface area contributed by atoms with Crippen molar-refractivity contribution in [1.82, 2.24) is 5.32 Å². The number of methoxy groups -OCH3 is 1. The lowest BCUT2D eigenvalue weighted by Crippen LogP contribution is -2.41. The number of nitrogens with one attached hydrogen (secondary N) is 1. The number of anilines is 1. The monoisotopic (exact) mass is 604 g/mol. The van der Waals surface area contributed by atoms with Gasteiger partial charge in [-0.3, -0.25) is 0 Å². The summed E-state index contributed by atoms with van der Waals surface area (Å²) >= 11 is 0. The normalized spacial score (nSPS) is 18.0. The Morgan fingerprint density at radius 2 is 1.80 bits per heavy atom. The summed E-state index contributed by atoms with van der Waals surface area (Å²) in [5.41, 5.74) is 4.68. The number of fused-ring (bicyclic) bond motifs is 1. The van der Waals surface area contributed by atoms with Gasteiger partial charge in [0.1, 0.15) is 23.9 Å². The lowest BCUT2D eigenvalue weighted by atomic mass is 9.87. The first-order valence-corrected chi connectivity index (χ1v) is 16.1. The second-order valence-corrected chi connectivity index (χ2v) is 11.3. The number of hydrogen-bond donors (Lipinski definition) is 1. The summed E-state index contributed by atoms with van der Waals surface area (Å²) < 4.78 is 35.3. The first-order valence-electron chi connectivity index (χ1n) is 16.1. The van der Waals surface area contributed by atoms with Gasteiger partial charge < -0.3 is 38.6 Å². The Kier molecular flexibility index (Phi) is 12.6. The van der Waals surface area contributed by atoms with Gasteiger partial charge in [0.25, 0.3) is 0 Å². The van der Waals surface area contributed by atoms with Crippen molar-refractivity contribution in [3.8, 4) is 17.2 Å². The minimum absolute atomic E-state index is 0.102. The van der Waals surface area contributed by atoms with Crippen LogP contribution in [0, 0.1) is 0 Å². The van der Waals surface area contributed by atoms with Crippen LogP contribution in [-0.4, -0.2) is 72.4 Å². The van der Waals surface area contributed by atoms with Crippen LogP contribution in [0.15, 0.2) is 66.7 Å². The molecule has 0 radical (unpaired) electrons. The van der Waals surface area contributed by atoms with Gasteiger partial charge in [0, 0.05) is 44.2 Å². The topological polar surface area (TPSA) is 70.7 Å². The molecule has 3 aromatic rings. The highest BCUT2D eigenvalue weighted by molar-refractivity contribution is 5.61. The van der Waals surface area contributed by atoms with Gasteiger partial charge in [-0.05, 0) is 67.8 Å². The zero-order valence-corrected chi connectivity index (χ0v) is 26.3. The number of nitrogens with zero attached hydrogens (tertiary/aromatic N) is 1. The third kappa shape index (κ3) is 9.11. The van der Waals surface area contributed by atoms with E-state index in [1.165, 1.54) is 11.1 Å². The number of benzene rings is 3. The molecule has 5 rings (SSSR count). The van der Waals surface area contributed by atoms with Crippen LogP contribution in [0.3, 0.4) is 0 Å². The summed E-state index contributed by atoms with van der Waals surface area (Å²) in [5, 5.41) is 3.53. The lowest BCUT2D eigenvalue weighted by Gasteiger charge is -2.33. The minimum Gasteiger partial charge on any atom is -0.496 e. The smallest absolute Gasteiger partial charge is 0.142 e. The number of ether oxygens (including phenoxy) is 6. The molecule has 1 N–H and O–H groups in total.